The van der Waals surface area contributed by atoms with Crippen LogP contribution in [0.2, 0.25) is 0 Å². The summed E-state index contributed by atoms with van der Waals surface area (Å²) in [5, 5.41) is 9.68. The molecule has 0 saturated carbocycles. The smallest absolute Gasteiger partial charge is 0.0677 e. The lowest BCUT2D eigenvalue weighted by molar-refractivity contribution is -0.116. The van der Waals surface area contributed by atoms with Crippen LogP contribution in [0.5, 0.6) is 0 Å². The summed E-state index contributed by atoms with van der Waals surface area (Å²) in [4.78, 5) is 0. The molecule has 0 aromatic rings. The largest absolute Gasteiger partial charge is 0.390 e. The minimum Gasteiger partial charge on any atom is -0.390 e. The minimum atomic E-state index is -0.641. The molecule has 0 bridgehead atoms. The first kappa shape index (κ1) is 16.9. The van der Waals surface area contributed by atoms with E-state index >= 15 is 0 Å². The van der Waals surface area contributed by atoms with Gasteiger partial charge in [0.2, 0.25) is 0 Å². The highest BCUT2D eigenvalue weighted by Gasteiger charge is 2.38. The quantitative estimate of drug-likeness (QED) is 0.733. The lowest BCUT2D eigenvalue weighted by Gasteiger charge is -2.43. The molecule has 0 aromatic heterocycles. The third-order valence-corrected chi connectivity index (χ3v) is 3.73. The van der Waals surface area contributed by atoms with E-state index in [9.17, 15) is 5.11 Å². The van der Waals surface area contributed by atoms with E-state index in [1.165, 1.54) is 0 Å². The Balaban J connectivity index is 4.36. The molecule has 0 radical (unpaired) electrons. The van der Waals surface area contributed by atoms with E-state index in [0.717, 1.165) is 6.42 Å². The Kier molecular flexibility index (Phi) is 5.68. The Morgan fingerprint density at radius 2 is 1.47 bits per heavy atom. The van der Waals surface area contributed by atoms with Crippen LogP contribution in [0.15, 0.2) is 0 Å². The van der Waals surface area contributed by atoms with Crippen molar-refractivity contribution in [3.05, 3.63) is 0 Å². The molecule has 104 valence electrons. The van der Waals surface area contributed by atoms with Gasteiger partial charge in [-0.05, 0) is 51.9 Å². The fourth-order valence-corrected chi connectivity index (χ4v) is 2.02. The maximum atomic E-state index is 9.68. The van der Waals surface area contributed by atoms with Crippen LogP contribution in [0.3, 0.4) is 0 Å². The van der Waals surface area contributed by atoms with Crippen LogP contribution < -0.4 is 0 Å². The molecule has 17 heavy (non-hydrogen) atoms. The fourth-order valence-electron chi connectivity index (χ4n) is 2.02. The van der Waals surface area contributed by atoms with Gasteiger partial charge in [0.15, 0.2) is 0 Å². The third-order valence-electron chi connectivity index (χ3n) is 3.73. The molecule has 0 spiro atoms. The number of ether oxygens (including phenoxy) is 1. The average Bonchev–Trinajstić information content (AvgIpc) is 1.97. The van der Waals surface area contributed by atoms with E-state index in [2.05, 4.69) is 41.5 Å². The Morgan fingerprint density at radius 1 is 1.00 bits per heavy atom. The maximum Gasteiger partial charge on any atom is 0.0677 e. The molecule has 0 amide bonds. The zero-order chi connectivity index (χ0) is 13.9. The van der Waals surface area contributed by atoms with E-state index in [1.807, 2.05) is 13.8 Å². The van der Waals surface area contributed by atoms with Crippen molar-refractivity contribution in [1.82, 2.24) is 0 Å². The SMILES string of the molecule is CC(C)CC(C)(C)C(C)(C)OCCC(C)(C)O. The molecule has 0 atom stereocenters. The van der Waals surface area contributed by atoms with E-state index in [1.54, 1.807) is 0 Å². The van der Waals surface area contributed by atoms with Gasteiger partial charge in [0.25, 0.3) is 0 Å². The van der Waals surface area contributed by atoms with Crippen LogP contribution >= 0.6 is 0 Å². The summed E-state index contributed by atoms with van der Waals surface area (Å²) in [5.74, 6) is 0.669. The van der Waals surface area contributed by atoms with Crippen molar-refractivity contribution in [3.8, 4) is 0 Å². The lowest BCUT2D eigenvalue weighted by Crippen LogP contribution is -2.43. The predicted octanol–water partition coefficient (Wildman–Crippen LogP) is 4.01. The highest BCUT2D eigenvalue weighted by atomic mass is 16.5. The molecule has 1 N–H and O–H groups in total. The van der Waals surface area contributed by atoms with Gasteiger partial charge in [0.05, 0.1) is 17.8 Å². The van der Waals surface area contributed by atoms with Crippen LogP contribution in [-0.2, 0) is 4.74 Å². The fraction of sp³-hybridized carbons (Fsp3) is 1.00. The Hall–Kier alpha value is -0.0800. The monoisotopic (exact) mass is 244 g/mol. The number of aliphatic hydroxyl groups is 1. The van der Waals surface area contributed by atoms with Gasteiger partial charge in [-0.1, -0.05) is 27.7 Å². The van der Waals surface area contributed by atoms with Gasteiger partial charge in [0, 0.05) is 0 Å². The van der Waals surface area contributed by atoms with Crippen molar-refractivity contribution < 1.29 is 9.84 Å². The Bertz CT molecular complexity index is 222. The zero-order valence-corrected chi connectivity index (χ0v) is 13.1. The molecule has 2 nitrogen and oxygen atoms in total. The van der Waals surface area contributed by atoms with Crippen molar-refractivity contribution in [2.75, 3.05) is 6.61 Å². The molecule has 0 aliphatic heterocycles. The van der Waals surface area contributed by atoms with Crippen LogP contribution in [0, 0.1) is 11.3 Å². The summed E-state index contributed by atoms with van der Waals surface area (Å²) < 4.78 is 6.01. The summed E-state index contributed by atoms with van der Waals surface area (Å²) in [6.45, 7) is 17.6. The second kappa shape index (κ2) is 5.71. The summed E-state index contributed by atoms with van der Waals surface area (Å²) in [6.07, 6.45) is 1.82. The normalized spacial score (nSPS) is 14.5. The number of hydrogen-bond donors (Lipinski definition) is 1. The molecular weight excluding hydrogens is 212 g/mol. The summed E-state index contributed by atoms with van der Waals surface area (Å²) in [7, 11) is 0. The van der Waals surface area contributed by atoms with Gasteiger partial charge in [-0.2, -0.15) is 0 Å². The first-order valence-electron chi connectivity index (χ1n) is 6.74. The van der Waals surface area contributed by atoms with Gasteiger partial charge >= 0.3 is 0 Å². The van der Waals surface area contributed by atoms with Gasteiger partial charge in [-0.25, -0.2) is 0 Å². The Morgan fingerprint density at radius 3 is 1.82 bits per heavy atom. The summed E-state index contributed by atoms with van der Waals surface area (Å²) >= 11 is 0. The summed E-state index contributed by atoms with van der Waals surface area (Å²) in [5.41, 5.74) is -0.665. The predicted molar refractivity (Wildman–Crippen MR) is 74.2 cm³/mol. The van der Waals surface area contributed by atoms with E-state index in [4.69, 9.17) is 4.74 Å². The van der Waals surface area contributed by atoms with E-state index < -0.39 is 5.60 Å². The standard InChI is InChI=1S/C15H32O2/c1-12(2)11-13(3,4)15(7,8)17-10-9-14(5,6)16/h12,16H,9-11H2,1-8H3. The van der Waals surface area contributed by atoms with E-state index in [0.29, 0.717) is 18.9 Å². The maximum absolute atomic E-state index is 9.68. The third kappa shape index (κ3) is 6.42. The highest BCUT2D eigenvalue weighted by molar-refractivity contribution is 4.88. The van der Waals surface area contributed by atoms with Crippen molar-refractivity contribution in [3.63, 3.8) is 0 Å². The number of rotatable bonds is 7. The molecule has 0 saturated heterocycles. The molecule has 0 unspecified atom stereocenters. The van der Waals surface area contributed by atoms with Crippen LogP contribution in [0.1, 0.15) is 68.2 Å². The average molecular weight is 244 g/mol. The second-order valence-corrected chi connectivity index (χ2v) is 7.40. The molecule has 2 heteroatoms. The molecule has 0 aliphatic rings. The van der Waals surface area contributed by atoms with Gasteiger partial charge in [-0.3, -0.25) is 0 Å². The molecule has 0 heterocycles. The van der Waals surface area contributed by atoms with Gasteiger partial charge in [-0.15, -0.1) is 0 Å². The van der Waals surface area contributed by atoms with Crippen molar-refractivity contribution in [2.45, 2.75) is 79.4 Å². The lowest BCUT2D eigenvalue weighted by atomic mass is 9.72. The van der Waals surface area contributed by atoms with Gasteiger partial charge in [0.1, 0.15) is 0 Å². The molecule has 0 aliphatic carbocycles. The highest BCUT2D eigenvalue weighted by Crippen LogP contribution is 2.39. The minimum absolute atomic E-state index is 0.140. The van der Waals surface area contributed by atoms with Crippen LogP contribution in [-0.4, -0.2) is 22.9 Å². The molecular formula is C15H32O2. The second-order valence-electron chi connectivity index (χ2n) is 7.40. The summed E-state index contributed by atoms with van der Waals surface area (Å²) in [6, 6.07) is 0. The van der Waals surface area contributed by atoms with Crippen molar-refractivity contribution in [1.29, 1.82) is 0 Å². The molecule has 0 fully saturated rings. The number of hydrogen-bond acceptors (Lipinski definition) is 2. The van der Waals surface area contributed by atoms with Crippen LogP contribution in [0.25, 0.3) is 0 Å². The van der Waals surface area contributed by atoms with E-state index in [-0.39, 0.29) is 11.0 Å². The topological polar surface area (TPSA) is 29.5 Å². The van der Waals surface area contributed by atoms with Crippen LogP contribution in [0.4, 0.5) is 0 Å². The molecule has 0 rings (SSSR count). The van der Waals surface area contributed by atoms with Crippen molar-refractivity contribution in [2.24, 2.45) is 11.3 Å². The zero-order valence-electron chi connectivity index (χ0n) is 13.1. The Labute approximate surface area is 108 Å². The molecule has 0 aromatic carbocycles. The first-order chi connectivity index (χ1) is 7.37. The first-order valence-corrected chi connectivity index (χ1v) is 6.74. The van der Waals surface area contributed by atoms with Gasteiger partial charge < -0.3 is 9.84 Å². The van der Waals surface area contributed by atoms with Crippen molar-refractivity contribution >= 4 is 0 Å².